The molecule has 9 heteroatoms. The zero-order valence-corrected chi connectivity index (χ0v) is 17.3. The minimum Gasteiger partial charge on any atom is -0.493 e. The van der Waals surface area contributed by atoms with E-state index in [9.17, 15) is 14.9 Å². The third-order valence-electron chi connectivity index (χ3n) is 5.18. The zero-order valence-electron chi connectivity index (χ0n) is 17.3. The maximum Gasteiger partial charge on any atom is 0.286 e. The summed E-state index contributed by atoms with van der Waals surface area (Å²) in [6, 6.07) is 6.14. The summed E-state index contributed by atoms with van der Waals surface area (Å²) >= 11 is 0. The number of hydrogen-bond acceptors (Lipinski definition) is 7. The number of carbonyl (C=O) groups is 1. The molecular formula is C21H27N3O6. The second-order valence-corrected chi connectivity index (χ2v) is 7.05. The molecule has 0 radical (unpaired) electrons. The van der Waals surface area contributed by atoms with Crippen LogP contribution in [0.2, 0.25) is 0 Å². The van der Waals surface area contributed by atoms with Crippen molar-refractivity contribution in [2.24, 2.45) is 0 Å². The van der Waals surface area contributed by atoms with E-state index in [2.05, 4.69) is 10.2 Å². The Hall–Kier alpha value is -3.07. The van der Waals surface area contributed by atoms with Gasteiger partial charge >= 0.3 is 0 Å². The monoisotopic (exact) mass is 417 g/mol. The molecule has 1 aromatic carbocycles. The van der Waals surface area contributed by atoms with Crippen molar-refractivity contribution in [3.05, 3.63) is 52.0 Å². The van der Waals surface area contributed by atoms with Crippen molar-refractivity contribution in [3.63, 3.8) is 0 Å². The molecule has 2 aromatic rings. The summed E-state index contributed by atoms with van der Waals surface area (Å²) in [4.78, 5) is 26.1. The first kappa shape index (κ1) is 21.6. The molecule has 0 aliphatic carbocycles. The molecule has 3 rings (SSSR count). The van der Waals surface area contributed by atoms with E-state index in [-0.39, 0.29) is 35.3 Å². The second kappa shape index (κ2) is 10.1. The Morgan fingerprint density at radius 3 is 2.67 bits per heavy atom. The summed E-state index contributed by atoms with van der Waals surface area (Å²) < 4.78 is 16.2. The molecule has 1 N–H and O–H groups in total. The van der Waals surface area contributed by atoms with Gasteiger partial charge in [-0.3, -0.25) is 19.8 Å². The number of methoxy groups -OCH3 is 1. The Balaban J connectivity index is 1.82. The van der Waals surface area contributed by atoms with Crippen molar-refractivity contribution >= 4 is 11.6 Å². The summed E-state index contributed by atoms with van der Waals surface area (Å²) in [6.07, 6.45) is 4.97. The molecule has 0 bridgehead atoms. The number of ether oxygens (including phenoxy) is 2. The van der Waals surface area contributed by atoms with E-state index in [0.29, 0.717) is 6.61 Å². The SMILES string of the molecule is CCOc1cc(C(=O)NCC(c2ccco2)N2CCCCC2)c([N+](=O)[O-])cc1OC. The molecule has 30 heavy (non-hydrogen) atoms. The van der Waals surface area contributed by atoms with Gasteiger partial charge in [-0.2, -0.15) is 0 Å². The summed E-state index contributed by atoms with van der Waals surface area (Å²) in [7, 11) is 1.40. The Kier molecular flexibility index (Phi) is 7.29. The van der Waals surface area contributed by atoms with Crippen molar-refractivity contribution in [1.82, 2.24) is 10.2 Å². The Labute approximate surface area is 175 Å². The smallest absolute Gasteiger partial charge is 0.286 e. The van der Waals surface area contributed by atoms with E-state index in [4.69, 9.17) is 13.9 Å². The number of benzene rings is 1. The molecule has 1 aliphatic rings. The van der Waals surface area contributed by atoms with Crippen LogP contribution in [0.1, 0.15) is 48.3 Å². The lowest BCUT2D eigenvalue weighted by Gasteiger charge is -2.33. The van der Waals surface area contributed by atoms with Crippen molar-refractivity contribution in [2.75, 3.05) is 33.4 Å². The van der Waals surface area contributed by atoms with Crippen molar-refractivity contribution in [3.8, 4) is 11.5 Å². The molecule has 1 amide bonds. The van der Waals surface area contributed by atoms with Crippen LogP contribution in [0.25, 0.3) is 0 Å². The Morgan fingerprint density at radius 2 is 2.07 bits per heavy atom. The maximum absolute atomic E-state index is 12.9. The summed E-state index contributed by atoms with van der Waals surface area (Å²) in [5.41, 5.74) is -0.401. The van der Waals surface area contributed by atoms with Gasteiger partial charge in [0.25, 0.3) is 11.6 Å². The number of nitro benzene ring substituents is 1. The first-order chi connectivity index (χ1) is 14.5. The Morgan fingerprint density at radius 1 is 1.30 bits per heavy atom. The fraction of sp³-hybridized carbons (Fsp3) is 0.476. The summed E-state index contributed by atoms with van der Waals surface area (Å²) in [6.45, 7) is 4.23. The van der Waals surface area contributed by atoms with Gasteiger partial charge in [-0.05, 0) is 45.0 Å². The van der Waals surface area contributed by atoms with Crippen LogP contribution < -0.4 is 14.8 Å². The normalized spacial score (nSPS) is 15.4. The van der Waals surface area contributed by atoms with Crippen LogP contribution in [0.15, 0.2) is 34.9 Å². The van der Waals surface area contributed by atoms with Gasteiger partial charge in [-0.1, -0.05) is 6.42 Å². The van der Waals surface area contributed by atoms with E-state index >= 15 is 0 Å². The minimum atomic E-state index is -0.595. The summed E-state index contributed by atoms with van der Waals surface area (Å²) in [5.74, 6) is 0.714. The molecule has 0 saturated carbocycles. The molecule has 1 fully saturated rings. The fourth-order valence-electron chi connectivity index (χ4n) is 3.72. The number of hydrogen-bond donors (Lipinski definition) is 1. The number of nitro groups is 1. The Bertz CT molecular complexity index is 862. The highest BCUT2D eigenvalue weighted by Crippen LogP contribution is 2.35. The lowest BCUT2D eigenvalue weighted by atomic mass is 10.1. The predicted molar refractivity (Wildman–Crippen MR) is 110 cm³/mol. The van der Waals surface area contributed by atoms with Gasteiger partial charge in [0.2, 0.25) is 0 Å². The molecular weight excluding hydrogens is 390 g/mol. The number of nitrogens with zero attached hydrogens (tertiary/aromatic N) is 2. The van der Waals surface area contributed by atoms with Crippen LogP contribution >= 0.6 is 0 Å². The topological polar surface area (TPSA) is 107 Å². The first-order valence-corrected chi connectivity index (χ1v) is 10.1. The number of rotatable bonds is 9. The third-order valence-corrected chi connectivity index (χ3v) is 5.18. The van der Waals surface area contributed by atoms with Crippen LogP contribution in [-0.4, -0.2) is 49.1 Å². The molecule has 1 saturated heterocycles. The molecule has 1 aromatic heterocycles. The van der Waals surface area contributed by atoms with Crippen LogP contribution in [0.3, 0.4) is 0 Å². The van der Waals surface area contributed by atoms with Gasteiger partial charge in [-0.15, -0.1) is 0 Å². The number of furan rings is 1. The summed E-state index contributed by atoms with van der Waals surface area (Å²) in [5, 5.41) is 14.4. The standard InChI is InChI=1S/C21H27N3O6/c1-3-29-20-12-15(16(24(26)27)13-19(20)28-2)21(25)22-14-17(18-8-7-11-30-18)23-9-5-4-6-10-23/h7-8,11-13,17H,3-6,9-10,14H2,1-2H3,(H,22,25). The molecule has 2 heterocycles. The third kappa shape index (κ3) is 4.91. The van der Waals surface area contributed by atoms with Crippen molar-refractivity contribution < 1.29 is 23.6 Å². The average molecular weight is 417 g/mol. The predicted octanol–water partition coefficient (Wildman–Crippen LogP) is 3.55. The minimum absolute atomic E-state index is 0.0684. The van der Waals surface area contributed by atoms with Crippen LogP contribution in [-0.2, 0) is 0 Å². The van der Waals surface area contributed by atoms with Gasteiger partial charge in [-0.25, -0.2) is 0 Å². The van der Waals surface area contributed by atoms with Gasteiger partial charge in [0.15, 0.2) is 11.5 Å². The van der Waals surface area contributed by atoms with E-state index in [1.165, 1.54) is 25.7 Å². The molecule has 9 nitrogen and oxygen atoms in total. The highest BCUT2D eigenvalue weighted by atomic mass is 16.6. The highest BCUT2D eigenvalue weighted by Gasteiger charge is 2.28. The number of piperidine rings is 1. The van der Waals surface area contributed by atoms with E-state index in [1.54, 1.807) is 13.2 Å². The molecule has 1 unspecified atom stereocenters. The second-order valence-electron chi connectivity index (χ2n) is 7.05. The van der Waals surface area contributed by atoms with Crippen LogP contribution in [0.5, 0.6) is 11.5 Å². The van der Waals surface area contributed by atoms with Gasteiger partial charge < -0.3 is 19.2 Å². The van der Waals surface area contributed by atoms with Gasteiger partial charge in [0, 0.05) is 12.6 Å². The number of carbonyl (C=O) groups excluding carboxylic acids is 1. The van der Waals surface area contributed by atoms with E-state index < -0.39 is 10.8 Å². The van der Waals surface area contributed by atoms with Gasteiger partial charge in [0.1, 0.15) is 11.3 Å². The highest BCUT2D eigenvalue weighted by molar-refractivity contribution is 5.99. The lowest BCUT2D eigenvalue weighted by molar-refractivity contribution is -0.385. The number of amides is 1. The quantitative estimate of drug-likeness (QED) is 0.491. The largest absolute Gasteiger partial charge is 0.493 e. The average Bonchev–Trinajstić information content (AvgIpc) is 3.29. The van der Waals surface area contributed by atoms with Crippen molar-refractivity contribution in [2.45, 2.75) is 32.2 Å². The van der Waals surface area contributed by atoms with E-state index in [0.717, 1.165) is 31.7 Å². The van der Waals surface area contributed by atoms with Crippen molar-refractivity contribution in [1.29, 1.82) is 0 Å². The van der Waals surface area contributed by atoms with Crippen LogP contribution in [0.4, 0.5) is 5.69 Å². The van der Waals surface area contributed by atoms with E-state index in [1.807, 2.05) is 12.1 Å². The molecule has 0 spiro atoms. The first-order valence-electron chi connectivity index (χ1n) is 10.1. The zero-order chi connectivity index (χ0) is 21.5. The number of nitrogens with one attached hydrogen (secondary N) is 1. The number of likely N-dealkylation sites (tertiary alicyclic amines) is 1. The van der Waals surface area contributed by atoms with Gasteiger partial charge in [0.05, 0.1) is 37.0 Å². The molecule has 162 valence electrons. The fourth-order valence-corrected chi connectivity index (χ4v) is 3.72. The maximum atomic E-state index is 12.9. The van der Waals surface area contributed by atoms with Crippen LogP contribution in [0, 0.1) is 10.1 Å². The molecule has 1 aliphatic heterocycles. The molecule has 1 atom stereocenters. The lowest BCUT2D eigenvalue weighted by Crippen LogP contribution is -2.40.